The maximum atomic E-state index is 13.9. The van der Waals surface area contributed by atoms with E-state index in [0.29, 0.717) is 18.0 Å². The van der Waals surface area contributed by atoms with Gasteiger partial charge in [0.05, 0.1) is 46.4 Å². The minimum atomic E-state index is -1.10. The molecule has 0 bridgehead atoms. The van der Waals surface area contributed by atoms with Crippen molar-refractivity contribution in [3.8, 4) is 11.3 Å². The predicted molar refractivity (Wildman–Crippen MR) is 147 cm³/mol. The van der Waals surface area contributed by atoms with E-state index in [-0.39, 0.29) is 17.6 Å². The molecule has 1 aromatic carbocycles. The van der Waals surface area contributed by atoms with Gasteiger partial charge in [0, 0.05) is 24.5 Å². The van der Waals surface area contributed by atoms with E-state index in [1.165, 1.54) is 29.7 Å². The number of aromatic nitrogens is 5. The van der Waals surface area contributed by atoms with Crippen LogP contribution in [0.2, 0.25) is 0 Å². The summed E-state index contributed by atoms with van der Waals surface area (Å²) in [6.07, 6.45) is 9.49. The SMILES string of the molecule is Cc1cn2c(-c3cnn(CC(=O)Nc4cccc(F)c4F)c3)cnc2c(NC2CN=C(CN3CCCC3)S2)n1. The molecule has 0 spiro atoms. The van der Waals surface area contributed by atoms with E-state index in [1.807, 2.05) is 17.5 Å². The third-order valence-corrected chi connectivity index (χ3v) is 7.72. The topological polar surface area (TPSA) is 105 Å². The van der Waals surface area contributed by atoms with E-state index < -0.39 is 17.5 Å². The molecule has 1 unspecified atom stereocenters. The number of hydrogen-bond donors (Lipinski definition) is 2. The first-order valence-electron chi connectivity index (χ1n) is 12.7. The lowest BCUT2D eigenvalue weighted by Gasteiger charge is -2.16. The third-order valence-electron chi connectivity index (χ3n) is 6.64. The number of anilines is 2. The highest BCUT2D eigenvalue weighted by Gasteiger charge is 2.24. The fraction of sp³-hybridized carbons (Fsp3) is 0.346. The Morgan fingerprint density at radius 2 is 2.03 bits per heavy atom. The number of aryl methyl sites for hydroxylation is 1. The van der Waals surface area contributed by atoms with Crippen LogP contribution in [0.25, 0.3) is 16.9 Å². The number of nitrogens with zero attached hydrogens (tertiary/aromatic N) is 7. The Morgan fingerprint density at radius 3 is 2.87 bits per heavy atom. The van der Waals surface area contributed by atoms with Gasteiger partial charge >= 0.3 is 0 Å². The molecule has 1 saturated heterocycles. The standard InChI is InChI=1S/C26H27F2N9OS/c1-16-12-37-20(17-9-31-36(13-17)14-21(38)33-19-6-4-5-18(27)24(19)28)10-30-26(37)25(32-16)34-22-11-29-23(39-22)15-35-7-2-3-8-35/h4-6,9-10,12-13,22H,2-3,7-8,11,14-15H2,1H3,(H,32,34)(H,33,38). The van der Waals surface area contributed by atoms with E-state index in [4.69, 9.17) is 9.98 Å². The molecule has 202 valence electrons. The van der Waals surface area contributed by atoms with Gasteiger partial charge in [-0.25, -0.2) is 18.7 Å². The Labute approximate surface area is 227 Å². The lowest BCUT2D eigenvalue weighted by molar-refractivity contribution is -0.116. The average Bonchev–Trinajstić information content (AvgIpc) is 3.71. The summed E-state index contributed by atoms with van der Waals surface area (Å²) in [7, 11) is 0. The van der Waals surface area contributed by atoms with E-state index >= 15 is 0 Å². The minimum absolute atomic E-state index is 0.0880. The molecular formula is C26H27F2N9OS. The van der Waals surface area contributed by atoms with Crippen LogP contribution in [0.15, 0.2) is 48.0 Å². The van der Waals surface area contributed by atoms with Crippen LogP contribution < -0.4 is 10.6 Å². The van der Waals surface area contributed by atoms with Crippen LogP contribution in [0.4, 0.5) is 20.3 Å². The molecule has 2 N–H and O–H groups in total. The molecule has 1 fully saturated rings. The Bertz CT molecular complexity index is 1560. The fourth-order valence-electron chi connectivity index (χ4n) is 4.81. The molecule has 1 atom stereocenters. The van der Waals surface area contributed by atoms with Crippen molar-refractivity contribution in [1.82, 2.24) is 29.0 Å². The fourth-order valence-corrected chi connectivity index (χ4v) is 5.86. The number of rotatable bonds is 8. The van der Waals surface area contributed by atoms with Gasteiger partial charge in [-0.15, -0.1) is 0 Å². The van der Waals surface area contributed by atoms with E-state index in [0.717, 1.165) is 47.7 Å². The molecule has 0 saturated carbocycles. The van der Waals surface area contributed by atoms with Crippen molar-refractivity contribution in [3.05, 3.63) is 60.3 Å². The van der Waals surface area contributed by atoms with E-state index in [2.05, 4.69) is 25.6 Å². The number of carbonyl (C=O) groups excluding carboxylic acids is 1. The van der Waals surface area contributed by atoms with Crippen molar-refractivity contribution >= 4 is 39.9 Å². The number of benzene rings is 1. The molecule has 5 heterocycles. The Kier molecular flexibility index (Phi) is 7.00. The van der Waals surface area contributed by atoms with Gasteiger partial charge in [0.25, 0.3) is 0 Å². The van der Waals surface area contributed by atoms with Crippen molar-refractivity contribution in [2.45, 2.75) is 31.7 Å². The molecule has 2 aliphatic heterocycles. The zero-order valence-electron chi connectivity index (χ0n) is 21.3. The van der Waals surface area contributed by atoms with Crippen molar-refractivity contribution in [1.29, 1.82) is 0 Å². The molecule has 2 aliphatic rings. The predicted octanol–water partition coefficient (Wildman–Crippen LogP) is 3.80. The summed E-state index contributed by atoms with van der Waals surface area (Å²) in [5, 5.41) is 11.4. The van der Waals surface area contributed by atoms with Crippen LogP contribution in [-0.4, -0.2) is 71.6 Å². The van der Waals surface area contributed by atoms with Crippen LogP contribution >= 0.6 is 11.8 Å². The van der Waals surface area contributed by atoms with E-state index in [1.54, 1.807) is 30.4 Å². The summed E-state index contributed by atoms with van der Waals surface area (Å²) in [4.78, 5) is 28.9. The third kappa shape index (κ3) is 5.50. The molecular weight excluding hydrogens is 524 g/mol. The second-order valence-electron chi connectivity index (χ2n) is 9.61. The highest BCUT2D eigenvalue weighted by molar-refractivity contribution is 8.14. The maximum Gasteiger partial charge on any atom is 0.246 e. The number of aliphatic imine (C=N–C) groups is 1. The van der Waals surface area contributed by atoms with Crippen LogP contribution in [-0.2, 0) is 11.3 Å². The normalized spacial score (nSPS) is 17.6. The number of amides is 1. The van der Waals surface area contributed by atoms with Gasteiger partial charge in [0.2, 0.25) is 5.91 Å². The number of fused-ring (bicyclic) bond motifs is 1. The molecule has 1 amide bonds. The molecule has 0 aliphatic carbocycles. The van der Waals surface area contributed by atoms with Crippen molar-refractivity contribution in [2.24, 2.45) is 4.99 Å². The van der Waals surface area contributed by atoms with Crippen LogP contribution in [0, 0.1) is 18.6 Å². The smallest absolute Gasteiger partial charge is 0.246 e. The number of thioether (sulfide) groups is 1. The summed E-state index contributed by atoms with van der Waals surface area (Å²) in [5.41, 5.74) is 2.80. The van der Waals surface area contributed by atoms with Crippen molar-refractivity contribution in [3.63, 3.8) is 0 Å². The first-order chi connectivity index (χ1) is 18.9. The van der Waals surface area contributed by atoms with Gasteiger partial charge in [-0.2, -0.15) is 5.10 Å². The lowest BCUT2D eigenvalue weighted by atomic mass is 10.3. The maximum absolute atomic E-state index is 13.9. The van der Waals surface area contributed by atoms with Gasteiger partial charge in [-0.05, 0) is 45.0 Å². The molecule has 10 nitrogen and oxygen atoms in total. The van der Waals surface area contributed by atoms with Crippen LogP contribution in [0.5, 0.6) is 0 Å². The zero-order valence-corrected chi connectivity index (χ0v) is 22.1. The lowest BCUT2D eigenvalue weighted by Crippen LogP contribution is -2.25. The monoisotopic (exact) mass is 551 g/mol. The second-order valence-corrected chi connectivity index (χ2v) is 10.9. The van der Waals surface area contributed by atoms with Crippen LogP contribution in [0.1, 0.15) is 18.5 Å². The van der Waals surface area contributed by atoms with E-state index in [9.17, 15) is 13.6 Å². The summed E-state index contributed by atoms with van der Waals surface area (Å²) < 4.78 is 30.7. The van der Waals surface area contributed by atoms with Gasteiger partial charge in [0.15, 0.2) is 23.1 Å². The van der Waals surface area contributed by atoms with Gasteiger partial charge < -0.3 is 10.6 Å². The van der Waals surface area contributed by atoms with Gasteiger partial charge in [0.1, 0.15) is 6.54 Å². The number of likely N-dealkylation sites (tertiary alicyclic amines) is 1. The largest absolute Gasteiger partial charge is 0.353 e. The zero-order chi connectivity index (χ0) is 26.9. The van der Waals surface area contributed by atoms with Crippen LogP contribution in [0.3, 0.4) is 0 Å². The number of carbonyl (C=O) groups is 1. The number of halogens is 2. The first kappa shape index (κ1) is 25.4. The quantitative estimate of drug-likeness (QED) is 0.343. The molecule has 13 heteroatoms. The molecule has 3 aromatic heterocycles. The Balaban J connectivity index is 1.15. The average molecular weight is 552 g/mol. The molecule has 0 radical (unpaired) electrons. The first-order valence-corrected chi connectivity index (χ1v) is 13.6. The van der Waals surface area contributed by atoms with Crippen molar-refractivity contribution in [2.75, 3.05) is 36.8 Å². The van der Waals surface area contributed by atoms with Crippen molar-refractivity contribution < 1.29 is 13.6 Å². The Morgan fingerprint density at radius 1 is 1.18 bits per heavy atom. The Hall–Kier alpha value is -3.84. The van der Waals surface area contributed by atoms with Gasteiger partial charge in [-0.1, -0.05) is 17.8 Å². The summed E-state index contributed by atoms with van der Waals surface area (Å²) >= 11 is 1.75. The number of hydrogen-bond acceptors (Lipinski definition) is 8. The number of nitrogens with one attached hydrogen (secondary N) is 2. The molecule has 6 rings (SSSR count). The second kappa shape index (κ2) is 10.7. The highest BCUT2D eigenvalue weighted by atomic mass is 32.2. The van der Waals surface area contributed by atoms with Gasteiger partial charge in [-0.3, -0.25) is 23.8 Å². The summed E-state index contributed by atoms with van der Waals surface area (Å²) in [5.74, 6) is -1.97. The molecule has 39 heavy (non-hydrogen) atoms. The minimum Gasteiger partial charge on any atom is -0.353 e. The summed E-state index contributed by atoms with van der Waals surface area (Å²) in [6, 6.07) is 3.62. The number of imidazole rings is 1. The highest BCUT2D eigenvalue weighted by Crippen LogP contribution is 2.28. The molecule has 4 aromatic rings. The summed E-state index contributed by atoms with van der Waals surface area (Å²) in [6.45, 7) is 5.62.